The van der Waals surface area contributed by atoms with Gasteiger partial charge in [0.2, 0.25) is 0 Å². The number of imidazole rings is 1. The lowest BCUT2D eigenvalue weighted by atomic mass is 10.1. The zero-order chi connectivity index (χ0) is 38.9. The first kappa shape index (κ1) is 41.1. The lowest BCUT2D eigenvalue weighted by Gasteiger charge is -2.27. The number of nitrogens with zero attached hydrogens (tertiary/aromatic N) is 5. The third-order valence-electron chi connectivity index (χ3n) is 8.21. The summed E-state index contributed by atoms with van der Waals surface area (Å²) in [4.78, 5) is 8.18. The molecule has 0 unspecified atom stereocenters. The van der Waals surface area contributed by atoms with Crippen molar-refractivity contribution in [1.82, 2.24) is 9.47 Å². The maximum absolute atomic E-state index is 13.5. The maximum Gasteiger partial charge on any atom is 0.417 e. The van der Waals surface area contributed by atoms with Crippen molar-refractivity contribution in [1.29, 1.82) is 0 Å². The van der Waals surface area contributed by atoms with E-state index >= 15 is 0 Å². The van der Waals surface area contributed by atoms with Gasteiger partial charge in [0.05, 0.1) is 40.4 Å². The number of rotatable bonds is 6. The zero-order valence-corrected chi connectivity index (χ0v) is 30.4. The van der Waals surface area contributed by atoms with Gasteiger partial charge in [0.1, 0.15) is 36.0 Å². The minimum Gasteiger partial charge on any atom is -0.691 e. The number of nitrogens with one attached hydrogen (secondary N) is 1. The highest BCUT2D eigenvalue weighted by molar-refractivity contribution is 7.99. The number of aliphatic imine (C=N–C) groups is 1. The number of amidine groups is 1. The number of hydrogen-bond donors (Lipinski definition) is 2. The highest BCUT2D eigenvalue weighted by Gasteiger charge is 2.37. The smallest absolute Gasteiger partial charge is 0.417 e. The third-order valence-corrected chi connectivity index (χ3v) is 9.13. The molecule has 3 aliphatic rings. The number of hydrogen-bond acceptors (Lipinski definition) is 12. The van der Waals surface area contributed by atoms with Crippen molar-refractivity contribution in [3.05, 3.63) is 70.3 Å². The van der Waals surface area contributed by atoms with Crippen LogP contribution in [0.2, 0.25) is 5.02 Å². The summed E-state index contributed by atoms with van der Waals surface area (Å²) < 4.78 is 91.7. The Bertz CT molecular complexity index is 2050. The summed E-state index contributed by atoms with van der Waals surface area (Å²) in [7, 11) is 1.56. The van der Waals surface area contributed by atoms with E-state index in [-0.39, 0.29) is 28.5 Å². The molecule has 3 aliphatic heterocycles. The van der Waals surface area contributed by atoms with Gasteiger partial charge in [-0.2, -0.15) is 30.7 Å². The zero-order valence-electron chi connectivity index (χ0n) is 28.0. The van der Waals surface area contributed by atoms with Crippen molar-refractivity contribution < 1.29 is 60.2 Å². The number of halogens is 7. The molecule has 288 valence electrons. The molecule has 2 aromatic carbocycles. The Kier molecular flexibility index (Phi) is 14.1. The molecular weight excluding hydrogens is 790 g/mol. The van der Waals surface area contributed by atoms with Crippen LogP contribution in [0.5, 0.6) is 0 Å². The van der Waals surface area contributed by atoms with Crippen molar-refractivity contribution in [2.45, 2.75) is 44.5 Å². The molecule has 21 heteroatoms. The fourth-order valence-electron chi connectivity index (χ4n) is 5.84. The number of fused-ring (bicyclic) bond motifs is 3. The van der Waals surface area contributed by atoms with Gasteiger partial charge in [0, 0.05) is 54.7 Å². The second-order valence-electron chi connectivity index (χ2n) is 11.5. The molecule has 12 nitrogen and oxygen atoms in total. The molecule has 54 heavy (non-hydrogen) atoms. The Morgan fingerprint density at radius 3 is 2.50 bits per heavy atom. The molecule has 4 heterocycles. The van der Waals surface area contributed by atoms with Crippen molar-refractivity contribution in [2.24, 2.45) is 12.0 Å². The molecule has 0 spiro atoms. The van der Waals surface area contributed by atoms with Crippen LogP contribution in [-0.4, -0.2) is 40.2 Å². The predicted molar refractivity (Wildman–Crippen MR) is 188 cm³/mol. The van der Waals surface area contributed by atoms with Gasteiger partial charge in [-0.25, -0.2) is 9.82 Å². The first-order valence-electron chi connectivity index (χ1n) is 15.9. The molecule has 3 aromatic rings. The average molecular weight is 819 g/mol. The molecule has 1 fully saturated rings. The first-order chi connectivity index (χ1) is 25.8. The summed E-state index contributed by atoms with van der Waals surface area (Å²) in [5, 5.41) is 32.0. The molecule has 6 rings (SSSR count). The van der Waals surface area contributed by atoms with Crippen molar-refractivity contribution in [3.8, 4) is 22.6 Å². The van der Waals surface area contributed by atoms with Gasteiger partial charge in [0.25, 0.3) is 5.82 Å². The Balaban J connectivity index is 0.000000431. The molecule has 2 N–H and O–H groups in total. The lowest BCUT2D eigenvalue weighted by Crippen LogP contribution is -2.34. The van der Waals surface area contributed by atoms with Gasteiger partial charge in [0.15, 0.2) is 11.0 Å². The van der Waals surface area contributed by atoms with Crippen LogP contribution < -0.4 is 20.0 Å². The number of aromatic nitrogens is 2. The van der Waals surface area contributed by atoms with E-state index in [1.165, 1.54) is 84.5 Å². The summed E-state index contributed by atoms with van der Waals surface area (Å²) in [6.45, 7) is 3.60. The average Bonchev–Trinajstić information content (AvgIpc) is 3.46. The minimum absolute atomic E-state index is 0.0165. The van der Waals surface area contributed by atoms with Crippen molar-refractivity contribution >= 4 is 70.0 Å². The first-order valence-corrected chi connectivity index (χ1v) is 17.7. The van der Waals surface area contributed by atoms with Crippen LogP contribution in [0.4, 0.5) is 37.7 Å². The molecule has 1 saturated heterocycles. The van der Waals surface area contributed by atoms with E-state index in [1.807, 2.05) is 0 Å². The number of anilines is 2. The van der Waals surface area contributed by atoms with E-state index in [1.54, 1.807) is 7.05 Å². The van der Waals surface area contributed by atoms with Gasteiger partial charge >= 0.3 is 12.4 Å². The normalized spacial score (nSPS) is 16.4. The highest BCUT2D eigenvalue weighted by atomic mass is 35.5. The van der Waals surface area contributed by atoms with Crippen molar-refractivity contribution in [3.63, 3.8) is 0 Å². The van der Waals surface area contributed by atoms with E-state index in [4.69, 9.17) is 16.9 Å². The Morgan fingerprint density at radius 1 is 1.00 bits per heavy atom. The molecule has 0 atom stereocenters. The molecule has 0 saturated carbocycles. The van der Waals surface area contributed by atoms with E-state index in [0.717, 1.165) is 35.7 Å². The maximum atomic E-state index is 13.5. The van der Waals surface area contributed by atoms with Crippen LogP contribution >= 0.6 is 35.7 Å². The van der Waals surface area contributed by atoms with Gasteiger partial charge in [-0.15, -0.1) is 8.90 Å². The molecule has 1 aromatic heterocycles. The summed E-state index contributed by atoms with van der Waals surface area (Å²) in [5.74, 6) is 1.79. The molecule has 0 radical (unpaired) electrons. The number of aryl methyl sites for hydroxylation is 1. The summed E-state index contributed by atoms with van der Waals surface area (Å²) in [6.07, 6.45) is 1.51. The summed E-state index contributed by atoms with van der Waals surface area (Å²) in [5.41, 5.74) is -1.46. The molecule has 0 amide bonds. The summed E-state index contributed by atoms with van der Waals surface area (Å²) >= 11 is 6.48. The largest absolute Gasteiger partial charge is 0.691 e. The van der Waals surface area contributed by atoms with Crippen molar-refractivity contribution in [2.75, 3.05) is 29.9 Å². The molecule has 0 bridgehead atoms. The topological polar surface area (TPSA) is 120 Å². The second-order valence-corrected chi connectivity index (χ2v) is 12.9. The van der Waals surface area contributed by atoms with E-state index < -0.39 is 28.5 Å². The molecule has 0 aliphatic carbocycles. The third kappa shape index (κ3) is 10.2. The Hall–Kier alpha value is -4.09. The SMILES string of the molecule is C1CCC2=NCCCN2CC1.C[n+]1c(/C=C/C=C2\Nc3cc(Cl)c(C(F)(F)F)cc3N2C#CSOOO)n(C#CSOO[O-])c2cc(C(F)(F)F)ccc21. The quantitative estimate of drug-likeness (QED) is 0.0499. The predicted octanol–water partition coefficient (Wildman–Crippen LogP) is 7.23. The van der Waals surface area contributed by atoms with Crippen LogP contribution in [-0.2, 0) is 38.1 Å². The van der Waals surface area contributed by atoms with E-state index in [0.29, 0.717) is 29.6 Å². The van der Waals surface area contributed by atoms with E-state index in [9.17, 15) is 31.6 Å². The van der Waals surface area contributed by atoms with Gasteiger partial charge in [-0.1, -0.05) is 29.1 Å². The van der Waals surface area contributed by atoms with Crippen LogP contribution in [0, 0.1) is 22.6 Å². The number of allylic oxidation sites excluding steroid dienone is 2. The fraction of sp³-hybridized carbons (Fsp3) is 0.333. The van der Waals surface area contributed by atoms with Crippen LogP contribution in [0.15, 0.2) is 53.3 Å². The highest BCUT2D eigenvalue weighted by Crippen LogP contribution is 2.44. The number of alkyl halides is 6. The number of benzene rings is 2. The van der Waals surface area contributed by atoms with Gasteiger partial charge < -0.3 is 15.5 Å². The molecular formula is C33H29ClF6N6O6S2. The van der Waals surface area contributed by atoms with Crippen LogP contribution in [0.25, 0.3) is 17.1 Å². The second kappa shape index (κ2) is 18.5. The Morgan fingerprint density at radius 2 is 1.76 bits per heavy atom. The van der Waals surface area contributed by atoms with Gasteiger partial charge in [-0.3, -0.25) is 14.9 Å². The lowest BCUT2D eigenvalue weighted by molar-refractivity contribution is -0.776. The monoisotopic (exact) mass is 818 g/mol. The fourth-order valence-corrected chi connectivity index (χ4v) is 6.50. The minimum atomic E-state index is -4.77. The van der Waals surface area contributed by atoms with E-state index in [2.05, 4.69) is 56.5 Å². The van der Waals surface area contributed by atoms with Crippen LogP contribution in [0.1, 0.15) is 49.1 Å². The summed E-state index contributed by atoms with van der Waals surface area (Å²) in [6, 6.07) is 9.99. The standard InChI is InChI=1S/C24H13ClF6N4O6S2.C9H16N2/c1-33-18-6-5-14(23(26,27)28)11-20(18)35(8-10-43-41-39-37)22(33)4-2-3-21-32-17-13-16(25)15(24(29,30)31)12-19(17)34(21)7-9-42-40-38-36;1-2-5-9-10-6-4-8-11(9)7-3-1/h2-6,11-13,36-37H,1H3;1-8H2. The Labute approximate surface area is 318 Å². The van der Waals surface area contributed by atoms with Crippen LogP contribution in [0.3, 0.4) is 0 Å². The van der Waals surface area contributed by atoms with Gasteiger partial charge in [-0.05, 0) is 49.6 Å².